The molecule has 1 saturated heterocycles. The third-order valence-electron chi connectivity index (χ3n) is 2.86. The first-order valence-electron chi connectivity index (χ1n) is 6.39. The summed E-state index contributed by atoms with van der Waals surface area (Å²) in [6.45, 7) is 6.99. The number of carbonyl (C=O) groups excluding carboxylic acids is 1. The topological polar surface area (TPSA) is 94.5 Å². The van der Waals surface area contributed by atoms with Crippen LogP contribution in [-0.4, -0.2) is 39.8 Å². The van der Waals surface area contributed by atoms with Gasteiger partial charge in [-0.2, -0.15) is 4.98 Å². The number of aromatic nitrogens is 2. The number of hydrogen-bond acceptors (Lipinski definition) is 6. The lowest BCUT2D eigenvalue weighted by molar-refractivity contribution is 0.0291. The Kier molecular flexibility index (Phi) is 3.75. The molecular weight excluding hydrogens is 248 g/mol. The molecule has 1 atom stereocenters. The molecule has 7 heteroatoms. The van der Waals surface area contributed by atoms with E-state index < -0.39 is 5.60 Å². The van der Waals surface area contributed by atoms with Crippen LogP contribution in [0.15, 0.2) is 4.52 Å². The predicted molar refractivity (Wildman–Crippen MR) is 67.4 cm³/mol. The molecule has 106 valence electrons. The van der Waals surface area contributed by atoms with Gasteiger partial charge in [0, 0.05) is 13.1 Å². The summed E-state index contributed by atoms with van der Waals surface area (Å²) in [5.74, 6) is 1.11. The third-order valence-corrected chi connectivity index (χ3v) is 2.86. The summed E-state index contributed by atoms with van der Waals surface area (Å²) in [7, 11) is 0. The lowest BCUT2D eigenvalue weighted by Gasteiger charge is -2.24. The summed E-state index contributed by atoms with van der Waals surface area (Å²) >= 11 is 0. The van der Waals surface area contributed by atoms with Crippen molar-refractivity contribution in [1.82, 2.24) is 15.0 Å². The molecule has 1 aliphatic heterocycles. The van der Waals surface area contributed by atoms with Crippen molar-refractivity contribution in [3.05, 3.63) is 11.7 Å². The van der Waals surface area contributed by atoms with Gasteiger partial charge < -0.3 is 19.9 Å². The van der Waals surface area contributed by atoms with Gasteiger partial charge in [0.05, 0.1) is 12.5 Å². The van der Waals surface area contributed by atoms with Crippen molar-refractivity contribution in [1.29, 1.82) is 0 Å². The Hall–Kier alpha value is -1.63. The number of nitrogens with zero attached hydrogens (tertiary/aromatic N) is 3. The van der Waals surface area contributed by atoms with Crippen LogP contribution < -0.4 is 5.73 Å². The van der Waals surface area contributed by atoms with Gasteiger partial charge in [0.15, 0.2) is 5.82 Å². The van der Waals surface area contributed by atoms with Crippen molar-refractivity contribution in [2.24, 2.45) is 5.73 Å². The molecule has 7 nitrogen and oxygen atoms in total. The van der Waals surface area contributed by atoms with E-state index in [1.807, 2.05) is 20.8 Å². The van der Waals surface area contributed by atoms with Crippen LogP contribution in [0.2, 0.25) is 0 Å². The van der Waals surface area contributed by atoms with E-state index in [1.54, 1.807) is 4.90 Å². The Morgan fingerprint density at radius 1 is 1.58 bits per heavy atom. The van der Waals surface area contributed by atoms with Gasteiger partial charge in [0.2, 0.25) is 5.89 Å². The fraction of sp³-hybridized carbons (Fsp3) is 0.750. The standard InChI is InChI=1S/C12H20N4O3/c1-12(2,3)18-11(17)16-5-4-8(7-16)10-14-9(6-13)15-19-10/h8H,4-7,13H2,1-3H3/t8-/m0/s1. The molecule has 0 bridgehead atoms. The van der Waals surface area contributed by atoms with Gasteiger partial charge in [-0.3, -0.25) is 0 Å². The zero-order valence-electron chi connectivity index (χ0n) is 11.5. The van der Waals surface area contributed by atoms with E-state index in [1.165, 1.54) is 0 Å². The number of likely N-dealkylation sites (tertiary alicyclic amines) is 1. The van der Waals surface area contributed by atoms with Gasteiger partial charge in [-0.25, -0.2) is 4.79 Å². The largest absolute Gasteiger partial charge is 0.444 e. The van der Waals surface area contributed by atoms with Crippen LogP contribution in [0.4, 0.5) is 4.79 Å². The van der Waals surface area contributed by atoms with Gasteiger partial charge in [-0.1, -0.05) is 5.16 Å². The molecule has 0 aliphatic carbocycles. The zero-order valence-corrected chi connectivity index (χ0v) is 11.5. The maximum atomic E-state index is 11.9. The summed E-state index contributed by atoms with van der Waals surface area (Å²) in [5, 5.41) is 3.76. The average Bonchev–Trinajstić information content (AvgIpc) is 2.95. The minimum Gasteiger partial charge on any atom is -0.444 e. The van der Waals surface area contributed by atoms with E-state index in [-0.39, 0.29) is 18.6 Å². The SMILES string of the molecule is CC(C)(C)OC(=O)N1CC[C@H](c2nc(CN)no2)C1. The molecule has 2 rings (SSSR count). The fourth-order valence-electron chi connectivity index (χ4n) is 1.97. The normalized spacial score (nSPS) is 19.8. The summed E-state index contributed by atoms with van der Waals surface area (Å²) in [6, 6.07) is 0. The molecular formula is C12H20N4O3. The molecule has 1 aromatic heterocycles. The first kappa shape index (κ1) is 13.8. The molecule has 0 unspecified atom stereocenters. The summed E-state index contributed by atoms with van der Waals surface area (Å²) in [5.41, 5.74) is 4.96. The van der Waals surface area contributed by atoms with E-state index in [9.17, 15) is 4.79 Å². The van der Waals surface area contributed by atoms with Crippen LogP contribution in [0.25, 0.3) is 0 Å². The summed E-state index contributed by atoms with van der Waals surface area (Å²) in [6.07, 6.45) is 0.499. The highest BCUT2D eigenvalue weighted by Crippen LogP contribution is 2.27. The van der Waals surface area contributed by atoms with Gasteiger partial charge >= 0.3 is 6.09 Å². The summed E-state index contributed by atoms with van der Waals surface area (Å²) < 4.78 is 10.5. The van der Waals surface area contributed by atoms with Gasteiger partial charge in [0.1, 0.15) is 5.60 Å². The van der Waals surface area contributed by atoms with Crippen molar-refractivity contribution >= 4 is 6.09 Å². The second kappa shape index (κ2) is 5.16. The maximum absolute atomic E-state index is 11.9. The smallest absolute Gasteiger partial charge is 0.410 e. The van der Waals surface area contributed by atoms with Crippen LogP contribution in [0.5, 0.6) is 0 Å². The molecule has 1 fully saturated rings. The molecule has 1 aromatic rings. The number of rotatable bonds is 2. The Morgan fingerprint density at radius 2 is 2.32 bits per heavy atom. The van der Waals surface area contributed by atoms with Crippen LogP contribution in [-0.2, 0) is 11.3 Å². The molecule has 0 aromatic carbocycles. The number of hydrogen-bond donors (Lipinski definition) is 1. The number of nitrogens with two attached hydrogens (primary N) is 1. The first-order chi connectivity index (χ1) is 8.89. The fourth-order valence-corrected chi connectivity index (χ4v) is 1.97. The molecule has 0 saturated carbocycles. The van der Waals surface area contributed by atoms with Crippen LogP contribution in [0.3, 0.4) is 0 Å². The predicted octanol–water partition coefficient (Wildman–Crippen LogP) is 1.25. The van der Waals surface area contributed by atoms with E-state index in [4.69, 9.17) is 15.0 Å². The quantitative estimate of drug-likeness (QED) is 0.867. The average molecular weight is 268 g/mol. The lowest BCUT2D eigenvalue weighted by Crippen LogP contribution is -2.35. The second-order valence-corrected chi connectivity index (χ2v) is 5.66. The van der Waals surface area contributed by atoms with E-state index in [0.29, 0.717) is 24.8 Å². The van der Waals surface area contributed by atoms with Crippen molar-refractivity contribution in [3.63, 3.8) is 0 Å². The molecule has 1 amide bonds. The van der Waals surface area contributed by atoms with E-state index >= 15 is 0 Å². The minimum atomic E-state index is -0.480. The van der Waals surface area contributed by atoms with E-state index in [0.717, 1.165) is 6.42 Å². The Labute approximate surface area is 112 Å². The van der Waals surface area contributed by atoms with Gasteiger partial charge in [0.25, 0.3) is 0 Å². The summed E-state index contributed by atoms with van der Waals surface area (Å²) in [4.78, 5) is 17.8. The highest BCUT2D eigenvalue weighted by Gasteiger charge is 2.33. The van der Waals surface area contributed by atoms with Gasteiger partial charge in [-0.05, 0) is 27.2 Å². The maximum Gasteiger partial charge on any atom is 0.410 e. The lowest BCUT2D eigenvalue weighted by atomic mass is 10.1. The Balaban J connectivity index is 1.94. The Morgan fingerprint density at radius 3 is 2.89 bits per heavy atom. The van der Waals surface area contributed by atoms with Crippen LogP contribution in [0, 0.1) is 0 Å². The molecule has 19 heavy (non-hydrogen) atoms. The van der Waals surface area contributed by atoms with Crippen molar-refractivity contribution in [2.45, 2.75) is 45.3 Å². The molecule has 0 spiro atoms. The number of carbonyl (C=O) groups is 1. The van der Waals surface area contributed by atoms with Gasteiger partial charge in [-0.15, -0.1) is 0 Å². The van der Waals surface area contributed by atoms with Crippen molar-refractivity contribution < 1.29 is 14.1 Å². The molecule has 1 aliphatic rings. The van der Waals surface area contributed by atoms with Crippen molar-refractivity contribution in [3.8, 4) is 0 Å². The zero-order chi connectivity index (χ0) is 14.0. The highest BCUT2D eigenvalue weighted by molar-refractivity contribution is 5.68. The van der Waals surface area contributed by atoms with Crippen LogP contribution in [0.1, 0.15) is 44.8 Å². The van der Waals surface area contributed by atoms with E-state index in [2.05, 4.69) is 10.1 Å². The minimum absolute atomic E-state index is 0.0697. The van der Waals surface area contributed by atoms with Crippen molar-refractivity contribution in [2.75, 3.05) is 13.1 Å². The highest BCUT2D eigenvalue weighted by atomic mass is 16.6. The monoisotopic (exact) mass is 268 g/mol. The molecule has 2 heterocycles. The van der Waals surface area contributed by atoms with Crippen LogP contribution >= 0.6 is 0 Å². The molecule has 2 N–H and O–H groups in total. The number of ether oxygens (including phenoxy) is 1. The molecule has 0 radical (unpaired) electrons. The Bertz CT molecular complexity index is 452. The second-order valence-electron chi connectivity index (χ2n) is 5.66. The first-order valence-corrected chi connectivity index (χ1v) is 6.39. The third kappa shape index (κ3) is 3.44. The number of amides is 1.